The van der Waals surface area contributed by atoms with Gasteiger partial charge in [-0.2, -0.15) is 0 Å². The summed E-state index contributed by atoms with van der Waals surface area (Å²) in [5.74, 6) is 0.720. The molecule has 0 unspecified atom stereocenters. The van der Waals surface area contributed by atoms with Crippen LogP contribution in [0.3, 0.4) is 0 Å². The van der Waals surface area contributed by atoms with E-state index in [4.69, 9.17) is 0 Å². The topological polar surface area (TPSA) is 84.7 Å². The van der Waals surface area contributed by atoms with E-state index >= 15 is 0 Å². The highest BCUT2D eigenvalue weighted by molar-refractivity contribution is 5.99. The van der Waals surface area contributed by atoms with E-state index in [0.29, 0.717) is 18.5 Å². The first kappa shape index (κ1) is 14.0. The van der Waals surface area contributed by atoms with Gasteiger partial charge in [0.05, 0.1) is 17.4 Å². The number of anilines is 1. The van der Waals surface area contributed by atoms with Crippen LogP contribution in [0.25, 0.3) is 0 Å². The SMILES string of the molecule is CCNc1cnccc1C(=O)NCCc1nncn1C. The summed E-state index contributed by atoms with van der Waals surface area (Å²) in [6.45, 7) is 3.23. The van der Waals surface area contributed by atoms with Crippen molar-refractivity contribution in [2.45, 2.75) is 13.3 Å². The van der Waals surface area contributed by atoms with E-state index in [1.807, 2.05) is 18.5 Å². The summed E-state index contributed by atoms with van der Waals surface area (Å²) in [5.41, 5.74) is 1.34. The Morgan fingerprint density at radius 3 is 3.00 bits per heavy atom. The van der Waals surface area contributed by atoms with Gasteiger partial charge in [-0.3, -0.25) is 9.78 Å². The van der Waals surface area contributed by atoms with Crippen LogP contribution in [0.2, 0.25) is 0 Å². The van der Waals surface area contributed by atoms with Crippen molar-refractivity contribution in [3.63, 3.8) is 0 Å². The minimum atomic E-state index is -0.120. The fraction of sp³-hybridized carbons (Fsp3) is 0.385. The molecule has 0 aliphatic carbocycles. The molecule has 0 radical (unpaired) electrons. The van der Waals surface area contributed by atoms with E-state index in [-0.39, 0.29) is 5.91 Å². The van der Waals surface area contributed by atoms with Crippen LogP contribution in [0.5, 0.6) is 0 Å². The van der Waals surface area contributed by atoms with Crippen LogP contribution in [0.15, 0.2) is 24.8 Å². The van der Waals surface area contributed by atoms with Crippen molar-refractivity contribution >= 4 is 11.6 Å². The number of carbonyl (C=O) groups is 1. The minimum Gasteiger partial charge on any atom is -0.383 e. The predicted molar refractivity (Wildman–Crippen MR) is 75.4 cm³/mol. The molecule has 0 spiro atoms. The van der Waals surface area contributed by atoms with Crippen molar-refractivity contribution < 1.29 is 4.79 Å². The lowest BCUT2D eigenvalue weighted by Gasteiger charge is -2.10. The van der Waals surface area contributed by atoms with E-state index in [2.05, 4.69) is 25.8 Å². The molecule has 0 saturated carbocycles. The molecule has 2 N–H and O–H groups in total. The second kappa shape index (κ2) is 6.65. The molecule has 20 heavy (non-hydrogen) atoms. The van der Waals surface area contributed by atoms with Crippen LogP contribution in [-0.4, -0.2) is 38.7 Å². The highest BCUT2D eigenvalue weighted by atomic mass is 16.1. The molecule has 7 nitrogen and oxygen atoms in total. The number of aromatic nitrogens is 4. The highest BCUT2D eigenvalue weighted by Gasteiger charge is 2.10. The summed E-state index contributed by atoms with van der Waals surface area (Å²) in [7, 11) is 1.88. The number of rotatable bonds is 6. The molecular formula is C13H18N6O. The van der Waals surface area contributed by atoms with Crippen molar-refractivity contribution in [3.8, 4) is 0 Å². The summed E-state index contributed by atoms with van der Waals surface area (Å²) in [4.78, 5) is 16.1. The Hall–Kier alpha value is -2.44. The highest BCUT2D eigenvalue weighted by Crippen LogP contribution is 2.12. The van der Waals surface area contributed by atoms with Gasteiger partial charge in [-0.05, 0) is 13.0 Å². The number of nitrogens with one attached hydrogen (secondary N) is 2. The number of aryl methyl sites for hydroxylation is 1. The molecule has 0 aromatic carbocycles. The first-order chi connectivity index (χ1) is 9.72. The fourth-order valence-electron chi connectivity index (χ4n) is 1.84. The van der Waals surface area contributed by atoms with E-state index in [1.54, 1.807) is 24.8 Å². The van der Waals surface area contributed by atoms with Gasteiger partial charge in [0.2, 0.25) is 0 Å². The van der Waals surface area contributed by atoms with Crippen molar-refractivity contribution in [3.05, 3.63) is 36.2 Å². The maximum atomic E-state index is 12.1. The standard InChI is InChI=1S/C13H18N6O/c1-3-15-11-8-14-6-4-10(11)13(20)16-7-5-12-18-17-9-19(12)2/h4,6,8-9,15H,3,5,7H2,1-2H3,(H,16,20). The Balaban J connectivity index is 1.93. The van der Waals surface area contributed by atoms with E-state index < -0.39 is 0 Å². The van der Waals surface area contributed by atoms with Crippen molar-refractivity contribution in [2.75, 3.05) is 18.4 Å². The van der Waals surface area contributed by atoms with Gasteiger partial charge >= 0.3 is 0 Å². The van der Waals surface area contributed by atoms with E-state index in [0.717, 1.165) is 18.1 Å². The third kappa shape index (κ3) is 3.31. The number of carbonyl (C=O) groups excluding carboxylic acids is 1. The lowest BCUT2D eigenvalue weighted by atomic mass is 10.2. The van der Waals surface area contributed by atoms with Gasteiger partial charge < -0.3 is 15.2 Å². The summed E-state index contributed by atoms with van der Waals surface area (Å²) >= 11 is 0. The van der Waals surface area contributed by atoms with Gasteiger partial charge in [0.15, 0.2) is 0 Å². The molecule has 7 heteroatoms. The number of hydrogen-bond acceptors (Lipinski definition) is 5. The normalized spacial score (nSPS) is 10.3. The Kier molecular flexibility index (Phi) is 4.65. The maximum absolute atomic E-state index is 12.1. The molecule has 0 fully saturated rings. The van der Waals surface area contributed by atoms with Crippen LogP contribution in [0, 0.1) is 0 Å². The van der Waals surface area contributed by atoms with Crippen LogP contribution in [-0.2, 0) is 13.5 Å². The summed E-state index contributed by atoms with van der Waals surface area (Å²) < 4.78 is 1.84. The molecule has 0 aliphatic rings. The van der Waals surface area contributed by atoms with Crippen molar-refractivity contribution in [1.82, 2.24) is 25.1 Å². The molecular weight excluding hydrogens is 256 g/mol. The van der Waals surface area contributed by atoms with Crippen molar-refractivity contribution in [1.29, 1.82) is 0 Å². The zero-order valence-electron chi connectivity index (χ0n) is 11.6. The quantitative estimate of drug-likeness (QED) is 0.806. The lowest BCUT2D eigenvalue weighted by molar-refractivity contribution is 0.0954. The Bertz CT molecular complexity index is 580. The number of hydrogen-bond donors (Lipinski definition) is 2. The third-order valence-corrected chi connectivity index (χ3v) is 2.87. The van der Waals surface area contributed by atoms with E-state index in [9.17, 15) is 4.79 Å². The first-order valence-electron chi connectivity index (χ1n) is 6.51. The Labute approximate surface area is 117 Å². The van der Waals surface area contributed by atoms with Gasteiger partial charge in [-0.1, -0.05) is 0 Å². The molecule has 2 aromatic heterocycles. The fourth-order valence-corrected chi connectivity index (χ4v) is 1.84. The van der Waals surface area contributed by atoms with Gasteiger partial charge in [-0.25, -0.2) is 0 Å². The molecule has 2 heterocycles. The summed E-state index contributed by atoms with van der Waals surface area (Å²) in [5, 5.41) is 13.8. The second-order valence-electron chi connectivity index (χ2n) is 4.32. The molecule has 0 aliphatic heterocycles. The maximum Gasteiger partial charge on any atom is 0.253 e. The summed E-state index contributed by atoms with van der Waals surface area (Å²) in [6.07, 6.45) is 5.55. The lowest BCUT2D eigenvalue weighted by Crippen LogP contribution is -2.27. The zero-order chi connectivity index (χ0) is 14.4. The molecule has 2 aromatic rings. The number of amides is 1. The number of nitrogens with zero attached hydrogens (tertiary/aromatic N) is 4. The zero-order valence-corrected chi connectivity index (χ0v) is 11.6. The molecule has 2 rings (SSSR count). The molecule has 0 saturated heterocycles. The van der Waals surface area contributed by atoms with Gasteiger partial charge in [-0.15, -0.1) is 10.2 Å². The van der Waals surface area contributed by atoms with Crippen LogP contribution in [0.4, 0.5) is 5.69 Å². The largest absolute Gasteiger partial charge is 0.383 e. The monoisotopic (exact) mass is 274 g/mol. The third-order valence-electron chi connectivity index (χ3n) is 2.87. The van der Waals surface area contributed by atoms with Crippen LogP contribution < -0.4 is 10.6 Å². The number of pyridine rings is 1. The Morgan fingerprint density at radius 1 is 1.45 bits per heavy atom. The Morgan fingerprint density at radius 2 is 2.30 bits per heavy atom. The average Bonchev–Trinajstić information content (AvgIpc) is 2.85. The molecule has 1 amide bonds. The first-order valence-corrected chi connectivity index (χ1v) is 6.51. The van der Waals surface area contributed by atoms with Crippen LogP contribution >= 0.6 is 0 Å². The van der Waals surface area contributed by atoms with Crippen LogP contribution in [0.1, 0.15) is 23.1 Å². The minimum absolute atomic E-state index is 0.120. The molecule has 0 bridgehead atoms. The van der Waals surface area contributed by atoms with Crippen molar-refractivity contribution in [2.24, 2.45) is 7.05 Å². The van der Waals surface area contributed by atoms with E-state index in [1.165, 1.54) is 0 Å². The second-order valence-corrected chi connectivity index (χ2v) is 4.32. The predicted octanol–water partition coefficient (Wildman–Crippen LogP) is 0.614. The average molecular weight is 274 g/mol. The van der Waals surface area contributed by atoms with Gasteiger partial charge in [0.25, 0.3) is 5.91 Å². The summed E-state index contributed by atoms with van der Waals surface area (Å²) in [6, 6.07) is 1.70. The molecule has 0 atom stereocenters. The smallest absolute Gasteiger partial charge is 0.253 e. The van der Waals surface area contributed by atoms with Gasteiger partial charge in [0.1, 0.15) is 12.2 Å². The van der Waals surface area contributed by atoms with Gasteiger partial charge in [0, 0.05) is 32.8 Å². The molecule has 106 valence electrons.